The summed E-state index contributed by atoms with van der Waals surface area (Å²) in [5, 5.41) is 0. The molecule has 2 N–H and O–H groups in total. The van der Waals surface area contributed by atoms with E-state index in [9.17, 15) is 0 Å². The molecule has 2 atom stereocenters. The molecule has 0 radical (unpaired) electrons. The highest BCUT2D eigenvalue weighted by Crippen LogP contribution is 2.23. The van der Waals surface area contributed by atoms with Crippen molar-refractivity contribution >= 4 is 0 Å². The van der Waals surface area contributed by atoms with E-state index in [1.54, 1.807) is 0 Å². The summed E-state index contributed by atoms with van der Waals surface area (Å²) in [6.45, 7) is 6.85. The smallest absolute Gasteiger partial charge is 0.00671 e. The van der Waals surface area contributed by atoms with Gasteiger partial charge in [-0.2, -0.15) is 0 Å². The zero-order chi connectivity index (χ0) is 14.3. The Morgan fingerprint density at radius 2 is 1.00 bits per heavy atom. The van der Waals surface area contributed by atoms with Gasteiger partial charge in [0, 0.05) is 6.04 Å². The van der Waals surface area contributed by atoms with Crippen molar-refractivity contribution in [2.24, 2.45) is 11.7 Å². The van der Waals surface area contributed by atoms with Gasteiger partial charge in [-0.15, -0.1) is 0 Å². The van der Waals surface area contributed by atoms with Crippen LogP contribution in [0.5, 0.6) is 0 Å². The standard InChI is InChI=1S/C18H39N/c1-4-7-10-13-15-17(14-11-8-5-2)18(19)16-12-9-6-3/h17-18H,4-16,19H2,1-3H3. The Balaban J connectivity index is 3.92. The number of unbranched alkanes of at least 4 members (excludes halogenated alkanes) is 7. The molecule has 19 heavy (non-hydrogen) atoms. The number of hydrogen-bond acceptors (Lipinski definition) is 1. The predicted molar refractivity (Wildman–Crippen MR) is 88.5 cm³/mol. The number of hydrogen-bond donors (Lipinski definition) is 1. The molecular weight excluding hydrogens is 230 g/mol. The first-order valence-electron chi connectivity index (χ1n) is 9.01. The molecule has 0 rings (SSSR count). The van der Waals surface area contributed by atoms with Gasteiger partial charge in [-0.05, 0) is 25.2 Å². The molecule has 116 valence electrons. The molecular formula is C18H39N. The fourth-order valence-electron chi connectivity index (χ4n) is 2.93. The maximum absolute atomic E-state index is 6.46. The molecule has 1 nitrogen and oxygen atoms in total. The molecule has 0 fully saturated rings. The van der Waals surface area contributed by atoms with E-state index in [2.05, 4.69) is 20.8 Å². The van der Waals surface area contributed by atoms with Crippen molar-refractivity contribution in [3.8, 4) is 0 Å². The van der Waals surface area contributed by atoms with Gasteiger partial charge in [-0.1, -0.05) is 85.0 Å². The first-order chi connectivity index (χ1) is 9.26. The average Bonchev–Trinajstić information content (AvgIpc) is 2.41. The number of nitrogens with two attached hydrogens (primary N) is 1. The zero-order valence-electron chi connectivity index (χ0n) is 13.9. The van der Waals surface area contributed by atoms with Crippen LogP contribution >= 0.6 is 0 Å². The molecule has 0 saturated carbocycles. The third kappa shape index (κ3) is 11.5. The summed E-state index contributed by atoms with van der Waals surface area (Å²) >= 11 is 0. The fourth-order valence-corrected chi connectivity index (χ4v) is 2.93. The number of rotatable bonds is 14. The van der Waals surface area contributed by atoms with Gasteiger partial charge in [0.25, 0.3) is 0 Å². The second-order valence-corrected chi connectivity index (χ2v) is 6.26. The predicted octanol–water partition coefficient (Wildman–Crippen LogP) is 6.06. The average molecular weight is 270 g/mol. The quantitative estimate of drug-likeness (QED) is 0.381. The lowest BCUT2D eigenvalue weighted by atomic mass is 9.86. The highest BCUT2D eigenvalue weighted by atomic mass is 14.6. The molecule has 0 aliphatic rings. The van der Waals surface area contributed by atoms with E-state index in [0.29, 0.717) is 6.04 Å². The first-order valence-corrected chi connectivity index (χ1v) is 9.01. The van der Waals surface area contributed by atoms with E-state index >= 15 is 0 Å². The highest BCUT2D eigenvalue weighted by Gasteiger charge is 2.16. The zero-order valence-corrected chi connectivity index (χ0v) is 13.9. The fraction of sp³-hybridized carbons (Fsp3) is 1.00. The maximum atomic E-state index is 6.46. The van der Waals surface area contributed by atoms with Crippen molar-refractivity contribution in [2.45, 2.75) is 110 Å². The molecule has 0 aliphatic heterocycles. The van der Waals surface area contributed by atoms with Gasteiger partial charge >= 0.3 is 0 Å². The van der Waals surface area contributed by atoms with Gasteiger partial charge in [-0.3, -0.25) is 0 Å². The minimum Gasteiger partial charge on any atom is -0.327 e. The summed E-state index contributed by atoms with van der Waals surface area (Å²) < 4.78 is 0. The topological polar surface area (TPSA) is 26.0 Å². The van der Waals surface area contributed by atoms with Gasteiger partial charge in [0.15, 0.2) is 0 Å². The molecule has 0 saturated heterocycles. The summed E-state index contributed by atoms with van der Waals surface area (Å²) in [7, 11) is 0. The molecule has 0 spiro atoms. The largest absolute Gasteiger partial charge is 0.327 e. The van der Waals surface area contributed by atoms with Crippen LogP contribution in [0, 0.1) is 5.92 Å². The minimum atomic E-state index is 0.463. The molecule has 0 aliphatic carbocycles. The Morgan fingerprint density at radius 1 is 0.579 bits per heavy atom. The molecule has 1 heteroatoms. The lowest BCUT2D eigenvalue weighted by molar-refractivity contribution is 0.324. The second-order valence-electron chi connectivity index (χ2n) is 6.26. The van der Waals surface area contributed by atoms with Crippen molar-refractivity contribution in [2.75, 3.05) is 0 Å². The molecule has 0 aromatic carbocycles. The van der Waals surface area contributed by atoms with Crippen LogP contribution < -0.4 is 5.73 Å². The minimum absolute atomic E-state index is 0.463. The van der Waals surface area contributed by atoms with Crippen molar-refractivity contribution in [3.63, 3.8) is 0 Å². The summed E-state index contributed by atoms with van der Waals surface area (Å²) in [4.78, 5) is 0. The van der Waals surface area contributed by atoms with Crippen LogP contribution in [0.15, 0.2) is 0 Å². The molecule has 0 heterocycles. The van der Waals surface area contributed by atoms with Gasteiger partial charge in [0.2, 0.25) is 0 Å². The lowest BCUT2D eigenvalue weighted by Crippen LogP contribution is -2.30. The summed E-state index contributed by atoms with van der Waals surface area (Å²) in [6, 6.07) is 0.463. The Bertz CT molecular complexity index is 167. The van der Waals surface area contributed by atoms with E-state index in [-0.39, 0.29) is 0 Å². The van der Waals surface area contributed by atoms with Crippen molar-refractivity contribution in [1.29, 1.82) is 0 Å². The summed E-state index contributed by atoms with van der Waals surface area (Å²) in [5.41, 5.74) is 6.46. The normalized spacial score (nSPS) is 14.5. The molecule has 0 amide bonds. The van der Waals surface area contributed by atoms with E-state index in [0.717, 1.165) is 5.92 Å². The molecule has 0 aromatic rings. The van der Waals surface area contributed by atoms with Gasteiger partial charge in [-0.25, -0.2) is 0 Å². The van der Waals surface area contributed by atoms with E-state index in [4.69, 9.17) is 5.73 Å². The van der Waals surface area contributed by atoms with Gasteiger partial charge in [0.05, 0.1) is 0 Å². The van der Waals surface area contributed by atoms with Crippen LogP contribution in [-0.2, 0) is 0 Å². The van der Waals surface area contributed by atoms with Gasteiger partial charge < -0.3 is 5.73 Å². The first kappa shape index (κ1) is 19.0. The Kier molecular flexibility index (Phi) is 14.3. The third-order valence-corrected chi connectivity index (χ3v) is 4.35. The summed E-state index contributed by atoms with van der Waals surface area (Å²) in [5.74, 6) is 0.792. The second kappa shape index (κ2) is 14.4. The SMILES string of the molecule is CCCCCCC(CCCCC)C(N)CCCCC. The van der Waals surface area contributed by atoms with Gasteiger partial charge in [0.1, 0.15) is 0 Å². The molecule has 2 unspecified atom stereocenters. The Hall–Kier alpha value is -0.0400. The van der Waals surface area contributed by atoms with Crippen molar-refractivity contribution in [1.82, 2.24) is 0 Å². The van der Waals surface area contributed by atoms with Crippen LogP contribution in [-0.4, -0.2) is 6.04 Å². The van der Waals surface area contributed by atoms with Crippen LogP contribution in [0.1, 0.15) is 104 Å². The highest BCUT2D eigenvalue weighted by molar-refractivity contribution is 4.73. The van der Waals surface area contributed by atoms with Crippen LogP contribution in [0.3, 0.4) is 0 Å². The van der Waals surface area contributed by atoms with Crippen molar-refractivity contribution < 1.29 is 0 Å². The van der Waals surface area contributed by atoms with E-state index in [1.807, 2.05) is 0 Å². The maximum Gasteiger partial charge on any atom is 0.00671 e. The monoisotopic (exact) mass is 269 g/mol. The Morgan fingerprint density at radius 3 is 1.53 bits per heavy atom. The molecule has 0 aromatic heterocycles. The van der Waals surface area contributed by atoms with E-state index < -0.39 is 0 Å². The van der Waals surface area contributed by atoms with Crippen molar-refractivity contribution in [3.05, 3.63) is 0 Å². The van der Waals surface area contributed by atoms with Crippen LogP contribution in [0.25, 0.3) is 0 Å². The Labute approximate surface area is 122 Å². The lowest BCUT2D eigenvalue weighted by Gasteiger charge is -2.24. The third-order valence-electron chi connectivity index (χ3n) is 4.35. The van der Waals surface area contributed by atoms with Crippen LogP contribution in [0.4, 0.5) is 0 Å². The van der Waals surface area contributed by atoms with E-state index in [1.165, 1.54) is 83.5 Å². The molecule has 0 bridgehead atoms. The van der Waals surface area contributed by atoms with Crippen LogP contribution in [0.2, 0.25) is 0 Å². The summed E-state index contributed by atoms with van der Waals surface area (Å²) in [6.07, 6.45) is 17.6.